The first kappa shape index (κ1) is 20.1. The van der Waals surface area contributed by atoms with Crippen LogP contribution in [0.5, 0.6) is 5.75 Å². The molecule has 3 aromatic rings. The summed E-state index contributed by atoms with van der Waals surface area (Å²) in [4.78, 5) is 18.6. The van der Waals surface area contributed by atoms with Crippen LogP contribution in [-0.2, 0) is 4.74 Å². The number of methoxy groups -OCH3 is 1. The zero-order chi connectivity index (χ0) is 21.2. The first-order valence-electron chi connectivity index (χ1n) is 11.0. The highest BCUT2D eigenvalue weighted by molar-refractivity contribution is 5.80. The molecule has 0 radical (unpaired) electrons. The summed E-state index contributed by atoms with van der Waals surface area (Å²) in [5.41, 5.74) is 1.28. The number of aromatic amines is 1. The molecule has 2 aliphatic rings. The predicted molar refractivity (Wildman–Crippen MR) is 115 cm³/mol. The van der Waals surface area contributed by atoms with Crippen LogP contribution in [0.2, 0.25) is 0 Å². The molecule has 9 nitrogen and oxygen atoms in total. The predicted octanol–water partition coefficient (Wildman–Crippen LogP) is 2.45. The van der Waals surface area contributed by atoms with Gasteiger partial charge in [-0.05, 0) is 46.9 Å². The summed E-state index contributed by atoms with van der Waals surface area (Å²) in [5, 5.41) is 13.8. The van der Waals surface area contributed by atoms with Gasteiger partial charge >= 0.3 is 0 Å². The number of fused-ring (bicyclic) bond motifs is 1. The molecule has 1 aliphatic heterocycles. The maximum absolute atomic E-state index is 13.3. The first-order valence-corrected chi connectivity index (χ1v) is 11.0. The van der Waals surface area contributed by atoms with E-state index in [2.05, 4.69) is 25.4 Å². The second-order valence-corrected chi connectivity index (χ2v) is 8.33. The van der Waals surface area contributed by atoms with Crippen molar-refractivity contribution in [2.24, 2.45) is 0 Å². The third-order valence-corrected chi connectivity index (χ3v) is 6.47. The average molecular weight is 425 g/mol. The van der Waals surface area contributed by atoms with Crippen molar-refractivity contribution in [1.82, 2.24) is 30.1 Å². The van der Waals surface area contributed by atoms with E-state index in [-0.39, 0.29) is 17.6 Å². The number of aromatic nitrogens is 5. The van der Waals surface area contributed by atoms with Crippen LogP contribution in [-0.4, -0.2) is 63.5 Å². The largest absolute Gasteiger partial charge is 0.497 e. The van der Waals surface area contributed by atoms with Gasteiger partial charge < -0.3 is 14.5 Å². The standard InChI is InChI=1S/C22H28N6O3/c1-30-17-8-7-15-13-18(22(29)23-19(15)14-17)20(27-9-11-31-12-10-27)21-24-25-26-28(21)16-5-3-2-4-6-16/h7-8,13-14,16,20H,2-6,9-12H2,1H3,(H,23,29). The average Bonchev–Trinajstić information content (AvgIpc) is 3.30. The van der Waals surface area contributed by atoms with Gasteiger partial charge in [-0.2, -0.15) is 0 Å². The van der Waals surface area contributed by atoms with E-state index in [1.807, 2.05) is 28.9 Å². The van der Waals surface area contributed by atoms with E-state index in [0.717, 1.165) is 42.7 Å². The second kappa shape index (κ2) is 8.76. The van der Waals surface area contributed by atoms with Crippen molar-refractivity contribution in [3.8, 4) is 5.75 Å². The Morgan fingerprint density at radius 3 is 2.74 bits per heavy atom. The smallest absolute Gasteiger partial charge is 0.253 e. The Morgan fingerprint density at radius 1 is 1.16 bits per heavy atom. The Bertz CT molecular complexity index is 1100. The van der Waals surface area contributed by atoms with Crippen LogP contribution >= 0.6 is 0 Å². The van der Waals surface area contributed by atoms with Gasteiger partial charge in [-0.15, -0.1) is 5.10 Å². The summed E-state index contributed by atoms with van der Waals surface area (Å²) < 4.78 is 12.8. The number of benzene rings is 1. The van der Waals surface area contributed by atoms with Gasteiger partial charge in [0.2, 0.25) is 0 Å². The molecule has 1 aromatic carbocycles. The molecular formula is C22H28N6O3. The lowest BCUT2D eigenvalue weighted by atomic mass is 9.95. The lowest BCUT2D eigenvalue weighted by Gasteiger charge is -2.34. The molecule has 3 heterocycles. The van der Waals surface area contributed by atoms with E-state index in [9.17, 15) is 4.79 Å². The van der Waals surface area contributed by atoms with Gasteiger partial charge in [0, 0.05) is 24.7 Å². The third kappa shape index (κ3) is 3.95. The highest BCUT2D eigenvalue weighted by atomic mass is 16.5. The van der Waals surface area contributed by atoms with Gasteiger partial charge in [-0.25, -0.2) is 4.68 Å². The molecule has 2 fully saturated rings. The van der Waals surface area contributed by atoms with Crippen LogP contribution in [0.4, 0.5) is 0 Å². The molecule has 9 heteroatoms. The van der Waals surface area contributed by atoms with Gasteiger partial charge in [0.15, 0.2) is 5.82 Å². The van der Waals surface area contributed by atoms with Crippen LogP contribution in [0, 0.1) is 0 Å². The van der Waals surface area contributed by atoms with Crippen molar-refractivity contribution in [3.63, 3.8) is 0 Å². The summed E-state index contributed by atoms with van der Waals surface area (Å²) in [6.45, 7) is 2.71. The lowest BCUT2D eigenvalue weighted by molar-refractivity contribution is 0.0209. The monoisotopic (exact) mass is 424 g/mol. The van der Waals surface area contributed by atoms with Gasteiger partial charge in [-0.3, -0.25) is 9.69 Å². The molecule has 0 amide bonds. The number of nitrogens with one attached hydrogen (secondary N) is 1. The number of nitrogens with zero attached hydrogens (tertiary/aromatic N) is 5. The van der Waals surface area contributed by atoms with Crippen molar-refractivity contribution in [1.29, 1.82) is 0 Å². The van der Waals surface area contributed by atoms with Crippen molar-refractivity contribution < 1.29 is 9.47 Å². The second-order valence-electron chi connectivity index (χ2n) is 8.33. The van der Waals surface area contributed by atoms with E-state index in [4.69, 9.17) is 9.47 Å². The van der Waals surface area contributed by atoms with Crippen molar-refractivity contribution >= 4 is 10.9 Å². The molecule has 1 atom stereocenters. The fourth-order valence-corrected chi connectivity index (χ4v) is 4.83. The summed E-state index contributed by atoms with van der Waals surface area (Å²) in [5.74, 6) is 1.45. The number of tetrazole rings is 1. The molecule has 5 rings (SSSR count). The van der Waals surface area contributed by atoms with Gasteiger partial charge in [0.1, 0.15) is 11.8 Å². The van der Waals surface area contributed by atoms with Gasteiger partial charge in [-0.1, -0.05) is 19.3 Å². The van der Waals surface area contributed by atoms with Crippen molar-refractivity contribution in [2.75, 3.05) is 33.4 Å². The molecule has 2 aromatic heterocycles. The fraction of sp³-hybridized carbons (Fsp3) is 0.545. The first-order chi connectivity index (χ1) is 15.2. The number of morpholine rings is 1. The topological polar surface area (TPSA) is 98.2 Å². The molecule has 1 aliphatic carbocycles. The minimum atomic E-state index is -0.323. The fourth-order valence-electron chi connectivity index (χ4n) is 4.83. The summed E-state index contributed by atoms with van der Waals surface area (Å²) >= 11 is 0. The highest BCUT2D eigenvalue weighted by Crippen LogP contribution is 2.33. The van der Waals surface area contributed by atoms with Gasteiger partial charge in [0.25, 0.3) is 5.56 Å². The molecule has 164 valence electrons. The SMILES string of the molecule is COc1ccc2cc(C(c3nnnn3C3CCCCC3)N3CCOCC3)c(=O)[nH]c2c1. The normalized spacial score (nSPS) is 19.5. The number of hydrogen-bond acceptors (Lipinski definition) is 7. The van der Waals surface area contributed by atoms with E-state index >= 15 is 0 Å². The Morgan fingerprint density at radius 2 is 1.97 bits per heavy atom. The van der Waals surface area contributed by atoms with Crippen LogP contribution in [0.3, 0.4) is 0 Å². The number of pyridine rings is 1. The molecule has 1 N–H and O–H groups in total. The van der Waals surface area contributed by atoms with Crippen molar-refractivity contribution in [3.05, 3.63) is 46.0 Å². The zero-order valence-electron chi connectivity index (χ0n) is 17.8. The summed E-state index contributed by atoms with van der Waals surface area (Å²) in [7, 11) is 1.62. The quantitative estimate of drug-likeness (QED) is 0.672. The van der Waals surface area contributed by atoms with Crippen LogP contribution in [0.15, 0.2) is 29.1 Å². The molecule has 1 saturated heterocycles. The van der Waals surface area contributed by atoms with Crippen LogP contribution < -0.4 is 10.3 Å². The minimum absolute atomic E-state index is 0.129. The van der Waals surface area contributed by atoms with Crippen LogP contribution in [0.1, 0.15) is 55.6 Å². The van der Waals surface area contributed by atoms with E-state index in [0.29, 0.717) is 24.5 Å². The summed E-state index contributed by atoms with van der Waals surface area (Å²) in [6.07, 6.45) is 5.77. The molecular weight excluding hydrogens is 396 g/mol. The Kier molecular flexibility index (Phi) is 5.69. The molecule has 31 heavy (non-hydrogen) atoms. The molecule has 1 saturated carbocycles. The Labute approximate surface area is 180 Å². The molecule has 0 bridgehead atoms. The van der Waals surface area contributed by atoms with Crippen LogP contribution in [0.25, 0.3) is 10.9 Å². The van der Waals surface area contributed by atoms with E-state index < -0.39 is 0 Å². The van der Waals surface area contributed by atoms with E-state index in [1.165, 1.54) is 19.3 Å². The Hall–Kier alpha value is -2.78. The minimum Gasteiger partial charge on any atom is -0.497 e. The van der Waals surface area contributed by atoms with Crippen molar-refractivity contribution in [2.45, 2.75) is 44.2 Å². The number of rotatable bonds is 5. The Balaban J connectivity index is 1.62. The summed E-state index contributed by atoms with van der Waals surface area (Å²) in [6, 6.07) is 7.64. The number of H-pyrrole nitrogens is 1. The maximum atomic E-state index is 13.3. The highest BCUT2D eigenvalue weighted by Gasteiger charge is 2.33. The molecule has 1 unspecified atom stereocenters. The zero-order valence-corrected chi connectivity index (χ0v) is 17.8. The number of ether oxygens (including phenoxy) is 2. The third-order valence-electron chi connectivity index (χ3n) is 6.47. The lowest BCUT2D eigenvalue weighted by Crippen LogP contribution is -2.42. The molecule has 0 spiro atoms. The van der Waals surface area contributed by atoms with E-state index in [1.54, 1.807) is 7.11 Å². The van der Waals surface area contributed by atoms with Gasteiger partial charge in [0.05, 0.1) is 31.9 Å². The maximum Gasteiger partial charge on any atom is 0.253 e. The number of hydrogen-bond donors (Lipinski definition) is 1.